The Labute approximate surface area is 180 Å². The third kappa shape index (κ3) is 4.35. The van der Waals surface area contributed by atoms with Crippen molar-refractivity contribution >= 4 is 33.1 Å². The van der Waals surface area contributed by atoms with Crippen molar-refractivity contribution in [1.29, 1.82) is 0 Å². The summed E-state index contributed by atoms with van der Waals surface area (Å²) in [6, 6.07) is 21.4. The maximum Gasteiger partial charge on any atom is 0.151 e. The molecule has 148 valence electrons. The lowest BCUT2D eigenvalue weighted by Gasteiger charge is -2.07. The molecule has 1 fully saturated rings. The number of fused-ring (bicyclic) bond motifs is 1. The van der Waals surface area contributed by atoms with Crippen LogP contribution in [-0.2, 0) is 6.42 Å². The van der Waals surface area contributed by atoms with E-state index < -0.39 is 0 Å². The fourth-order valence-electron chi connectivity index (χ4n) is 3.65. The monoisotopic (exact) mass is 410 g/mol. The summed E-state index contributed by atoms with van der Waals surface area (Å²) < 4.78 is 1.04. The van der Waals surface area contributed by atoms with Crippen LogP contribution in [0.4, 0.5) is 11.5 Å². The topological polar surface area (TPSA) is 49.8 Å². The van der Waals surface area contributed by atoms with Gasteiger partial charge in [-0.05, 0) is 55.1 Å². The van der Waals surface area contributed by atoms with E-state index in [9.17, 15) is 0 Å². The van der Waals surface area contributed by atoms with Crippen molar-refractivity contribution in [3.8, 4) is 11.8 Å². The van der Waals surface area contributed by atoms with Gasteiger partial charge in [-0.15, -0.1) is 11.3 Å². The molecule has 2 N–H and O–H groups in total. The molecule has 0 spiro atoms. The second-order valence-corrected chi connectivity index (χ2v) is 8.50. The van der Waals surface area contributed by atoms with Crippen LogP contribution in [0, 0.1) is 11.8 Å². The molecule has 30 heavy (non-hydrogen) atoms. The molecule has 0 radical (unpaired) electrons. The summed E-state index contributed by atoms with van der Waals surface area (Å²) in [6.45, 7) is 1.06. The van der Waals surface area contributed by atoms with E-state index >= 15 is 0 Å². The largest absolute Gasteiger partial charge is 0.339 e. The highest BCUT2D eigenvalue weighted by Gasteiger charge is 2.11. The second-order valence-electron chi connectivity index (χ2n) is 7.45. The molecule has 2 aromatic heterocycles. The van der Waals surface area contributed by atoms with Crippen LogP contribution in [0.5, 0.6) is 0 Å². The fraction of sp³-hybridized carbons (Fsp3) is 0.200. The molecule has 1 aliphatic heterocycles. The molecule has 3 heterocycles. The summed E-state index contributed by atoms with van der Waals surface area (Å²) in [5.41, 5.74) is 4.55. The zero-order valence-corrected chi connectivity index (χ0v) is 17.4. The van der Waals surface area contributed by atoms with E-state index in [1.807, 2.05) is 6.07 Å². The predicted molar refractivity (Wildman–Crippen MR) is 124 cm³/mol. The van der Waals surface area contributed by atoms with Crippen molar-refractivity contribution in [2.45, 2.75) is 25.3 Å². The lowest BCUT2D eigenvalue weighted by Crippen LogP contribution is -2.18. The van der Waals surface area contributed by atoms with Crippen LogP contribution < -0.4 is 10.6 Å². The summed E-state index contributed by atoms with van der Waals surface area (Å²) in [4.78, 5) is 9.92. The summed E-state index contributed by atoms with van der Waals surface area (Å²) in [5.74, 6) is 7.47. The van der Waals surface area contributed by atoms with E-state index in [-0.39, 0.29) is 0 Å². The van der Waals surface area contributed by atoms with Gasteiger partial charge in [0.15, 0.2) is 5.82 Å². The minimum atomic E-state index is 0.313. The lowest BCUT2D eigenvalue weighted by atomic mass is 10.0. The van der Waals surface area contributed by atoms with Crippen molar-refractivity contribution in [3.05, 3.63) is 83.0 Å². The number of anilines is 2. The zero-order valence-electron chi connectivity index (χ0n) is 16.6. The molecular formula is C25H22N4S. The molecule has 0 bridgehead atoms. The van der Waals surface area contributed by atoms with E-state index in [4.69, 9.17) is 0 Å². The van der Waals surface area contributed by atoms with Crippen LogP contribution in [0.15, 0.2) is 67.0 Å². The van der Waals surface area contributed by atoms with Crippen LogP contribution in [0.3, 0.4) is 0 Å². The molecule has 1 saturated heterocycles. The lowest BCUT2D eigenvalue weighted by molar-refractivity contribution is 0.749. The smallest absolute Gasteiger partial charge is 0.151 e. The average molecular weight is 411 g/mol. The van der Waals surface area contributed by atoms with Gasteiger partial charge in [0.2, 0.25) is 0 Å². The molecule has 0 saturated carbocycles. The first-order valence-electron chi connectivity index (χ1n) is 10.2. The average Bonchev–Trinajstić information content (AvgIpc) is 3.44. The minimum Gasteiger partial charge on any atom is -0.339 e. The summed E-state index contributed by atoms with van der Waals surface area (Å²) in [5, 5.41) is 6.86. The first-order chi connectivity index (χ1) is 14.8. The van der Waals surface area contributed by atoms with Crippen molar-refractivity contribution in [1.82, 2.24) is 15.3 Å². The number of hydrogen-bond acceptors (Lipinski definition) is 5. The van der Waals surface area contributed by atoms with Crippen LogP contribution in [0.2, 0.25) is 0 Å². The third-order valence-corrected chi connectivity index (χ3v) is 6.26. The Morgan fingerprint density at radius 1 is 1.03 bits per heavy atom. The summed E-state index contributed by atoms with van der Waals surface area (Å²) in [7, 11) is 0. The molecular weight excluding hydrogens is 388 g/mol. The van der Waals surface area contributed by atoms with E-state index in [0.29, 0.717) is 6.04 Å². The van der Waals surface area contributed by atoms with Gasteiger partial charge in [-0.25, -0.2) is 9.97 Å². The van der Waals surface area contributed by atoms with Crippen LogP contribution in [-0.4, -0.2) is 22.6 Å². The maximum absolute atomic E-state index is 4.47. The van der Waals surface area contributed by atoms with E-state index in [0.717, 1.165) is 46.0 Å². The van der Waals surface area contributed by atoms with Crippen molar-refractivity contribution in [2.24, 2.45) is 0 Å². The van der Waals surface area contributed by atoms with Gasteiger partial charge in [-0.2, -0.15) is 0 Å². The molecule has 4 nitrogen and oxygen atoms in total. The number of aromatic nitrogens is 2. The molecule has 1 atom stereocenters. The Morgan fingerprint density at radius 2 is 1.87 bits per heavy atom. The van der Waals surface area contributed by atoms with E-state index in [2.05, 4.69) is 87.0 Å². The predicted octanol–water partition coefficient (Wildman–Crippen LogP) is 5.13. The van der Waals surface area contributed by atoms with Crippen LogP contribution in [0.1, 0.15) is 28.8 Å². The van der Waals surface area contributed by atoms with Gasteiger partial charge in [-0.3, -0.25) is 0 Å². The second kappa shape index (κ2) is 8.66. The van der Waals surface area contributed by atoms with Gasteiger partial charge < -0.3 is 10.6 Å². The third-order valence-electron chi connectivity index (χ3n) is 5.21. The van der Waals surface area contributed by atoms with Crippen LogP contribution >= 0.6 is 11.3 Å². The van der Waals surface area contributed by atoms with Gasteiger partial charge in [0.05, 0.1) is 21.1 Å². The number of thiophene rings is 1. The number of nitrogens with one attached hydrogen (secondary N) is 2. The van der Waals surface area contributed by atoms with Crippen molar-refractivity contribution < 1.29 is 0 Å². The normalized spacial score (nSPS) is 15.7. The van der Waals surface area contributed by atoms with Gasteiger partial charge in [0.1, 0.15) is 6.33 Å². The Kier molecular flexibility index (Phi) is 5.43. The SMILES string of the molecule is C(#CC1CCCN1)c1cc2ncnc(Nc3ccc(Cc4ccccc4)cc3)c2s1. The fourth-order valence-corrected chi connectivity index (χ4v) is 4.56. The zero-order chi connectivity index (χ0) is 20.2. The van der Waals surface area contributed by atoms with Gasteiger partial charge >= 0.3 is 0 Å². The van der Waals surface area contributed by atoms with Crippen molar-refractivity contribution in [3.63, 3.8) is 0 Å². The minimum absolute atomic E-state index is 0.313. The number of nitrogens with zero attached hydrogens (tertiary/aromatic N) is 2. The van der Waals surface area contributed by atoms with Crippen molar-refractivity contribution in [2.75, 3.05) is 11.9 Å². The summed E-state index contributed by atoms with van der Waals surface area (Å²) >= 11 is 1.64. The summed E-state index contributed by atoms with van der Waals surface area (Å²) in [6.07, 6.45) is 4.87. The maximum atomic E-state index is 4.47. The van der Waals surface area contributed by atoms with Crippen LogP contribution in [0.25, 0.3) is 10.2 Å². The highest BCUT2D eigenvalue weighted by atomic mass is 32.1. The number of rotatable bonds is 4. The van der Waals surface area contributed by atoms with Gasteiger partial charge in [0, 0.05) is 5.69 Å². The molecule has 0 aliphatic carbocycles. The Morgan fingerprint density at radius 3 is 2.67 bits per heavy atom. The highest BCUT2D eigenvalue weighted by Crippen LogP contribution is 2.30. The molecule has 4 aromatic rings. The first-order valence-corrected chi connectivity index (χ1v) is 11.0. The Bertz CT molecular complexity index is 1200. The molecule has 0 amide bonds. The molecule has 1 aliphatic rings. The first kappa shape index (κ1) is 18.8. The highest BCUT2D eigenvalue weighted by molar-refractivity contribution is 7.20. The van der Waals surface area contributed by atoms with Gasteiger partial charge in [-0.1, -0.05) is 54.3 Å². The molecule has 5 heteroatoms. The van der Waals surface area contributed by atoms with E-state index in [1.165, 1.54) is 17.5 Å². The number of benzene rings is 2. The quantitative estimate of drug-likeness (QED) is 0.458. The molecule has 2 aromatic carbocycles. The Hall–Kier alpha value is -3.20. The Balaban J connectivity index is 1.33. The molecule has 5 rings (SSSR count). The number of hydrogen-bond donors (Lipinski definition) is 2. The molecule has 1 unspecified atom stereocenters. The standard InChI is InChI=1S/C25H22N4S/c1-2-5-18(6-3-1)15-19-8-10-21(11-9-19)29-25-24-23(27-17-28-25)16-22(30-24)13-12-20-7-4-14-26-20/h1-3,5-6,8-11,16-17,20,26H,4,7,14-15H2,(H,27,28,29). The van der Waals surface area contributed by atoms with Gasteiger partial charge in [0.25, 0.3) is 0 Å². The van der Waals surface area contributed by atoms with E-state index in [1.54, 1.807) is 17.7 Å².